The van der Waals surface area contributed by atoms with E-state index < -0.39 is 0 Å². The fourth-order valence-corrected chi connectivity index (χ4v) is 3.73. The van der Waals surface area contributed by atoms with Gasteiger partial charge < -0.3 is 4.90 Å². The summed E-state index contributed by atoms with van der Waals surface area (Å²) in [5.74, 6) is 0.00495. The van der Waals surface area contributed by atoms with Crippen molar-refractivity contribution in [2.45, 2.75) is 25.2 Å². The number of hydrogen-bond donors (Lipinski definition) is 0. The van der Waals surface area contributed by atoms with E-state index in [1.165, 1.54) is 6.07 Å². The fourth-order valence-electron chi connectivity index (χ4n) is 3.73. The van der Waals surface area contributed by atoms with Gasteiger partial charge in [0.2, 0.25) is 5.91 Å². The fraction of sp³-hybridized carbons (Fsp3) is 0.261. The molecule has 0 unspecified atom stereocenters. The summed E-state index contributed by atoms with van der Waals surface area (Å²) in [6.07, 6.45) is 5.72. The van der Waals surface area contributed by atoms with E-state index in [0.29, 0.717) is 24.2 Å². The number of amides is 1. The Kier molecular flexibility index (Phi) is 5.42. The van der Waals surface area contributed by atoms with Crippen molar-refractivity contribution >= 4 is 5.91 Å². The van der Waals surface area contributed by atoms with Crippen LogP contribution in [0.25, 0.3) is 11.3 Å². The first-order valence-corrected chi connectivity index (χ1v) is 9.59. The first-order valence-electron chi connectivity index (χ1n) is 9.59. The van der Waals surface area contributed by atoms with Crippen LogP contribution >= 0.6 is 0 Å². The Morgan fingerprint density at radius 3 is 2.82 bits per heavy atom. The number of carbonyl (C=O) groups is 1. The monoisotopic (exact) mass is 375 g/mol. The van der Waals surface area contributed by atoms with E-state index in [2.05, 4.69) is 4.98 Å². The summed E-state index contributed by atoms with van der Waals surface area (Å²) in [5.41, 5.74) is 2.98. The molecule has 1 saturated heterocycles. The van der Waals surface area contributed by atoms with E-state index in [9.17, 15) is 9.18 Å². The van der Waals surface area contributed by atoms with Gasteiger partial charge >= 0.3 is 0 Å². The molecule has 28 heavy (non-hydrogen) atoms. The third kappa shape index (κ3) is 4.09. The van der Waals surface area contributed by atoms with Crippen LogP contribution < -0.4 is 0 Å². The Bertz CT molecular complexity index is 961. The molecule has 1 aliphatic heterocycles. The summed E-state index contributed by atoms with van der Waals surface area (Å²) in [5, 5.41) is 0. The first kappa shape index (κ1) is 18.3. The molecule has 0 aliphatic carbocycles. The third-order valence-corrected chi connectivity index (χ3v) is 5.19. The molecule has 1 aromatic carbocycles. The Hall–Kier alpha value is -3.08. The van der Waals surface area contributed by atoms with Crippen LogP contribution in [0.5, 0.6) is 0 Å². The Morgan fingerprint density at radius 1 is 1.11 bits per heavy atom. The number of carbonyl (C=O) groups excluding carboxylic acids is 1. The molecular formula is C23H22FN3O. The van der Waals surface area contributed by atoms with Crippen LogP contribution in [0, 0.1) is 5.82 Å². The number of piperidine rings is 1. The number of likely N-dealkylation sites (tertiary alicyclic amines) is 1. The predicted octanol–water partition coefficient (Wildman–Crippen LogP) is 4.23. The van der Waals surface area contributed by atoms with E-state index >= 15 is 0 Å². The normalized spacial score (nSPS) is 16.8. The standard InChI is InChI=1S/C23H22FN3O/c24-20-9-2-1-8-19(20)22-11-3-10-21(26-22)18-7-5-13-27(16-18)23(28)14-17-6-4-12-25-15-17/h1-4,6,8-12,15,18H,5,7,13-14,16H2/t18-/m1/s1. The topological polar surface area (TPSA) is 46.1 Å². The van der Waals surface area contributed by atoms with E-state index in [4.69, 9.17) is 4.98 Å². The number of halogens is 1. The molecule has 0 spiro atoms. The van der Waals surface area contributed by atoms with Crippen molar-refractivity contribution in [3.63, 3.8) is 0 Å². The summed E-state index contributed by atoms with van der Waals surface area (Å²) in [4.78, 5) is 23.4. The maximum absolute atomic E-state index is 14.1. The second-order valence-electron chi connectivity index (χ2n) is 7.14. The van der Waals surface area contributed by atoms with Crippen molar-refractivity contribution in [3.8, 4) is 11.3 Å². The van der Waals surface area contributed by atoms with Gasteiger partial charge in [-0.25, -0.2) is 4.39 Å². The van der Waals surface area contributed by atoms with Gasteiger partial charge in [-0.15, -0.1) is 0 Å². The molecular weight excluding hydrogens is 353 g/mol. The molecule has 5 heteroatoms. The third-order valence-electron chi connectivity index (χ3n) is 5.19. The highest BCUT2D eigenvalue weighted by Gasteiger charge is 2.26. The van der Waals surface area contributed by atoms with Gasteiger partial charge in [-0.1, -0.05) is 24.3 Å². The highest BCUT2D eigenvalue weighted by Crippen LogP contribution is 2.28. The van der Waals surface area contributed by atoms with Crippen molar-refractivity contribution in [3.05, 3.63) is 84.1 Å². The lowest BCUT2D eigenvalue weighted by molar-refractivity contribution is -0.131. The average molecular weight is 375 g/mol. The summed E-state index contributed by atoms with van der Waals surface area (Å²) < 4.78 is 14.1. The maximum atomic E-state index is 14.1. The first-order chi connectivity index (χ1) is 13.7. The van der Waals surface area contributed by atoms with Gasteiger partial charge in [0.25, 0.3) is 0 Å². The van der Waals surface area contributed by atoms with Crippen LogP contribution in [0.1, 0.15) is 30.0 Å². The minimum Gasteiger partial charge on any atom is -0.342 e. The molecule has 1 atom stereocenters. The zero-order chi connectivity index (χ0) is 19.3. The van der Waals surface area contributed by atoms with Crippen molar-refractivity contribution < 1.29 is 9.18 Å². The molecule has 1 amide bonds. The van der Waals surface area contributed by atoms with E-state index in [-0.39, 0.29) is 17.6 Å². The molecule has 1 aliphatic rings. The zero-order valence-electron chi connectivity index (χ0n) is 15.6. The number of benzene rings is 1. The summed E-state index contributed by atoms with van der Waals surface area (Å²) >= 11 is 0. The number of hydrogen-bond acceptors (Lipinski definition) is 3. The van der Waals surface area contributed by atoms with Crippen LogP contribution in [0.3, 0.4) is 0 Å². The number of rotatable bonds is 4. The molecule has 4 rings (SSSR count). The molecule has 2 aromatic heterocycles. The quantitative estimate of drug-likeness (QED) is 0.685. The van der Waals surface area contributed by atoms with Crippen LogP contribution in [-0.2, 0) is 11.2 Å². The lowest BCUT2D eigenvalue weighted by Crippen LogP contribution is -2.40. The molecule has 0 N–H and O–H groups in total. The smallest absolute Gasteiger partial charge is 0.227 e. The van der Waals surface area contributed by atoms with Crippen LogP contribution in [0.2, 0.25) is 0 Å². The minimum atomic E-state index is -0.274. The highest BCUT2D eigenvalue weighted by molar-refractivity contribution is 5.78. The second kappa shape index (κ2) is 8.30. The Morgan fingerprint density at radius 2 is 2.00 bits per heavy atom. The largest absolute Gasteiger partial charge is 0.342 e. The van der Waals surface area contributed by atoms with Crippen LogP contribution in [0.4, 0.5) is 4.39 Å². The maximum Gasteiger partial charge on any atom is 0.227 e. The average Bonchev–Trinajstić information content (AvgIpc) is 2.75. The van der Waals surface area contributed by atoms with Gasteiger partial charge in [-0.3, -0.25) is 14.8 Å². The lowest BCUT2D eigenvalue weighted by Gasteiger charge is -2.32. The molecule has 0 radical (unpaired) electrons. The van der Waals surface area contributed by atoms with Gasteiger partial charge in [-0.05, 0) is 48.7 Å². The molecule has 0 bridgehead atoms. The lowest BCUT2D eigenvalue weighted by atomic mass is 9.93. The Labute approximate surface area is 164 Å². The molecule has 3 heterocycles. The van der Waals surface area contributed by atoms with Crippen molar-refractivity contribution in [1.29, 1.82) is 0 Å². The summed E-state index contributed by atoms with van der Waals surface area (Å²) in [6.45, 7) is 1.41. The van der Waals surface area contributed by atoms with Gasteiger partial charge in [-0.2, -0.15) is 0 Å². The van der Waals surface area contributed by atoms with Crippen LogP contribution in [-0.4, -0.2) is 33.9 Å². The van der Waals surface area contributed by atoms with Gasteiger partial charge in [0.15, 0.2) is 0 Å². The second-order valence-corrected chi connectivity index (χ2v) is 7.14. The molecule has 0 saturated carbocycles. The molecule has 1 fully saturated rings. The van der Waals surface area contributed by atoms with Crippen molar-refractivity contribution in [1.82, 2.24) is 14.9 Å². The Balaban J connectivity index is 1.50. The van der Waals surface area contributed by atoms with E-state index in [0.717, 1.165) is 30.6 Å². The predicted molar refractivity (Wildman–Crippen MR) is 106 cm³/mol. The minimum absolute atomic E-state index is 0.114. The van der Waals surface area contributed by atoms with E-state index in [1.54, 1.807) is 24.5 Å². The molecule has 142 valence electrons. The highest BCUT2D eigenvalue weighted by atomic mass is 19.1. The van der Waals surface area contributed by atoms with E-state index in [1.807, 2.05) is 41.3 Å². The summed E-state index contributed by atoms with van der Waals surface area (Å²) in [7, 11) is 0. The van der Waals surface area contributed by atoms with Gasteiger partial charge in [0.1, 0.15) is 5.82 Å². The van der Waals surface area contributed by atoms with Crippen molar-refractivity contribution in [2.24, 2.45) is 0 Å². The van der Waals surface area contributed by atoms with Gasteiger partial charge in [0, 0.05) is 42.7 Å². The van der Waals surface area contributed by atoms with Gasteiger partial charge in [0.05, 0.1) is 12.1 Å². The summed E-state index contributed by atoms with van der Waals surface area (Å²) in [6, 6.07) is 16.2. The SMILES string of the molecule is O=C(Cc1cccnc1)N1CCC[C@@H](c2cccc(-c3ccccc3F)n2)C1. The number of nitrogens with zero attached hydrogens (tertiary/aromatic N) is 3. The number of pyridine rings is 2. The number of aromatic nitrogens is 2. The van der Waals surface area contributed by atoms with Crippen molar-refractivity contribution in [2.75, 3.05) is 13.1 Å². The molecule has 3 aromatic rings. The molecule has 4 nitrogen and oxygen atoms in total. The van der Waals surface area contributed by atoms with Crippen LogP contribution in [0.15, 0.2) is 67.0 Å². The zero-order valence-corrected chi connectivity index (χ0v) is 15.6.